The Morgan fingerprint density at radius 1 is 1.00 bits per heavy atom. The molecule has 3 rings (SSSR count). The second-order valence-electron chi connectivity index (χ2n) is 7.40. The van der Waals surface area contributed by atoms with Crippen molar-refractivity contribution in [1.82, 2.24) is 9.80 Å². The highest BCUT2D eigenvalue weighted by Crippen LogP contribution is 2.24. The maximum Gasteiger partial charge on any atom is 0.261 e. The first kappa shape index (κ1) is 21.7. The number of methoxy groups -OCH3 is 1. The van der Waals surface area contributed by atoms with Crippen molar-refractivity contribution in [2.24, 2.45) is 0 Å². The molecule has 2 aromatic carbocycles. The Morgan fingerprint density at radius 3 is 2.20 bits per heavy atom. The molecular formula is C24H28N2O4. The summed E-state index contributed by atoms with van der Waals surface area (Å²) in [5.41, 5.74) is 2.14. The molecule has 0 fully saturated rings. The molecule has 0 radical (unpaired) electrons. The molecule has 0 spiro atoms. The normalized spacial score (nSPS) is 13.1. The molecular weight excluding hydrogens is 380 g/mol. The summed E-state index contributed by atoms with van der Waals surface area (Å²) < 4.78 is 5.19. The van der Waals surface area contributed by atoms with Gasteiger partial charge in [0.2, 0.25) is 0 Å². The minimum Gasteiger partial charge on any atom is -0.383 e. The Morgan fingerprint density at radius 2 is 1.63 bits per heavy atom. The molecule has 0 unspecified atom stereocenters. The van der Waals surface area contributed by atoms with Crippen LogP contribution in [0.5, 0.6) is 0 Å². The summed E-state index contributed by atoms with van der Waals surface area (Å²) >= 11 is 0. The lowest BCUT2D eigenvalue weighted by Gasteiger charge is -2.30. The molecule has 1 heterocycles. The highest BCUT2D eigenvalue weighted by molar-refractivity contribution is 6.21. The highest BCUT2D eigenvalue weighted by atomic mass is 16.5. The average molecular weight is 408 g/mol. The Balaban J connectivity index is 1.81. The van der Waals surface area contributed by atoms with Gasteiger partial charge in [-0.25, -0.2) is 0 Å². The number of fused-ring (bicyclic) bond motifs is 1. The van der Waals surface area contributed by atoms with E-state index in [1.165, 1.54) is 4.90 Å². The Bertz CT molecular complexity index is 901. The van der Waals surface area contributed by atoms with Crippen LogP contribution in [0.2, 0.25) is 0 Å². The topological polar surface area (TPSA) is 66.9 Å². The smallest absolute Gasteiger partial charge is 0.261 e. The van der Waals surface area contributed by atoms with Gasteiger partial charge in [-0.2, -0.15) is 0 Å². The Kier molecular flexibility index (Phi) is 7.00. The fraction of sp³-hybridized carbons (Fsp3) is 0.375. The minimum absolute atomic E-state index is 0.0649. The van der Waals surface area contributed by atoms with Crippen LogP contribution in [0.25, 0.3) is 0 Å². The van der Waals surface area contributed by atoms with E-state index in [2.05, 4.69) is 13.8 Å². The highest BCUT2D eigenvalue weighted by Gasteiger charge is 2.35. The van der Waals surface area contributed by atoms with Gasteiger partial charge in [-0.05, 0) is 42.7 Å². The van der Waals surface area contributed by atoms with Crippen molar-refractivity contribution in [3.05, 3.63) is 70.8 Å². The zero-order valence-corrected chi connectivity index (χ0v) is 17.8. The summed E-state index contributed by atoms with van der Waals surface area (Å²) in [4.78, 5) is 41.6. The molecule has 0 aliphatic carbocycles. The summed E-state index contributed by atoms with van der Waals surface area (Å²) in [6.45, 7) is 5.26. The number of imide groups is 1. The lowest BCUT2D eigenvalue weighted by atomic mass is 10.1. The molecule has 1 aliphatic rings. The standard InChI is InChI=1S/C24H28N2O4/c1-4-19(5-2)25(13-14-30-3)22(27)18-10-8-9-17(15-18)16-26-23(28)20-11-6-7-12-21(20)24(26)29/h6-12,15,19H,4-5,13-14,16H2,1-3H3. The van der Waals surface area contributed by atoms with Gasteiger partial charge >= 0.3 is 0 Å². The van der Waals surface area contributed by atoms with Gasteiger partial charge in [0.15, 0.2) is 0 Å². The van der Waals surface area contributed by atoms with Gasteiger partial charge in [-0.1, -0.05) is 38.1 Å². The lowest BCUT2D eigenvalue weighted by molar-refractivity contribution is 0.0589. The Labute approximate surface area is 177 Å². The van der Waals surface area contributed by atoms with Crippen molar-refractivity contribution >= 4 is 17.7 Å². The summed E-state index contributed by atoms with van der Waals surface area (Å²) in [7, 11) is 1.62. The third-order valence-corrected chi connectivity index (χ3v) is 5.57. The minimum atomic E-state index is -0.300. The molecule has 158 valence electrons. The van der Waals surface area contributed by atoms with Gasteiger partial charge in [0.05, 0.1) is 24.3 Å². The van der Waals surface area contributed by atoms with Gasteiger partial charge < -0.3 is 9.64 Å². The number of ether oxygens (including phenoxy) is 1. The third kappa shape index (κ3) is 4.28. The van der Waals surface area contributed by atoms with Crippen LogP contribution in [0, 0.1) is 0 Å². The van der Waals surface area contributed by atoms with E-state index in [0.717, 1.165) is 18.4 Å². The van der Waals surface area contributed by atoms with E-state index in [-0.39, 0.29) is 30.3 Å². The Hall–Kier alpha value is -2.99. The van der Waals surface area contributed by atoms with Gasteiger partial charge in [0.25, 0.3) is 17.7 Å². The first-order chi connectivity index (χ1) is 14.5. The summed E-state index contributed by atoms with van der Waals surface area (Å²) in [6.07, 6.45) is 1.72. The molecule has 2 aromatic rings. The molecule has 1 aliphatic heterocycles. The number of rotatable bonds is 9. The maximum atomic E-state index is 13.2. The fourth-order valence-electron chi connectivity index (χ4n) is 3.90. The van der Waals surface area contributed by atoms with Crippen molar-refractivity contribution in [1.29, 1.82) is 0 Å². The van der Waals surface area contributed by atoms with Crippen molar-refractivity contribution in [3.63, 3.8) is 0 Å². The predicted octanol–water partition coefficient (Wildman–Crippen LogP) is 3.76. The summed E-state index contributed by atoms with van der Waals surface area (Å²) in [5.74, 6) is -0.665. The van der Waals surface area contributed by atoms with Crippen molar-refractivity contribution in [3.8, 4) is 0 Å². The van der Waals surface area contributed by atoms with Crippen LogP contribution in [-0.4, -0.2) is 53.8 Å². The molecule has 0 bridgehead atoms. The SMILES string of the molecule is CCC(CC)N(CCOC)C(=O)c1cccc(CN2C(=O)c3ccccc3C2=O)c1. The second kappa shape index (κ2) is 9.67. The van der Waals surface area contributed by atoms with E-state index in [1.54, 1.807) is 49.6 Å². The number of hydrogen-bond acceptors (Lipinski definition) is 4. The average Bonchev–Trinajstić information content (AvgIpc) is 3.01. The van der Waals surface area contributed by atoms with E-state index in [9.17, 15) is 14.4 Å². The van der Waals surface area contributed by atoms with Crippen molar-refractivity contribution in [2.45, 2.75) is 39.3 Å². The molecule has 3 amide bonds. The number of benzene rings is 2. The van der Waals surface area contributed by atoms with Crippen LogP contribution >= 0.6 is 0 Å². The van der Waals surface area contributed by atoms with Crippen LogP contribution in [0.4, 0.5) is 0 Å². The fourth-order valence-corrected chi connectivity index (χ4v) is 3.90. The zero-order valence-electron chi connectivity index (χ0n) is 17.8. The van der Waals surface area contributed by atoms with Gasteiger partial charge in [0.1, 0.15) is 0 Å². The number of nitrogens with zero attached hydrogens (tertiary/aromatic N) is 2. The molecule has 0 saturated heterocycles. The van der Waals surface area contributed by atoms with Gasteiger partial charge in [-0.3, -0.25) is 19.3 Å². The number of hydrogen-bond donors (Lipinski definition) is 0. The van der Waals surface area contributed by atoms with Gasteiger partial charge in [0, 0.05) is 25.3 Å². The van der Waals surface area contributed by atoms with E-state index in [1.807, 2.05) is 11.0 Å². The summed E-state index contributed by atoms with van der Waals surface area (Å²) in [6, 6.07) is 14.1. The first-order valence-electron chi connectivity index (χ1n) is 10.4. The van der Waals surface area contributed by atoms with Crippen LogP contribution < -0.4 is 0 Å². The van der Waals surface area contributed by atoms with Crippen LogP contribution in [0.15, 0.2) is 48.5 Å². The van der Waals surface area contributed by atoms with E-state index in [4.69, 9.17) is 4.74 Å². The largest absolute Gasteiger partial charge is 0.383 e. The molecule has 0 N–H and O–H groups in total. The first-order valence-corrected chi connectivity index (χ1v) is 10.4. The van der Waals surface area contributed by atoms with Crippen LogP contribution in [0.1, 0.15) is 63.3 Å². The zero-order chi connectivity index (χ0) is 21.7. The molecule has 6 nitrogen and oxygen atoms in total. The predicted molar refractivity (Wildman–Crippen MR) is 114 cm³/mol. The number of amides is 3. The summed E-state index contributed by atoms with van der Waals surface area (Å²) in [5, 5.41) is 0. The molecule has 0 saturated carbocycles. The van der Waals surface area contributed by atoms with Crippen LogP contribution in [0.3, 0.4) is 0 Å². The molecule has 30 heavy (non-hydrogen) atoms. The van der Waals surface area contributed by atoms with Crippen molar-refractivity contribution in [2.75, 3.05) is 20.3 Å². The lowest BCUT2D eigenvalue weighted by Crippen LogP contribution is -2.41. The van der Waals surface area contributed by atoms with E-state index in [0.29, 0.717) is 29.8 Å². The maximum absolute atomic E-state index is 13.2. The number of carbonyl (C=O) groups excluding carboxylic acids is 3. The molecule has 0 atom stereocenters. The number of carbonyl (C=O) groups is 3. The molecule has 0 aromatic heterocycles. The monoisotopic (exact) mass is 408 g/mol. The van der Waals surface area contributed by atoms with E-state index >= 15 is 0 Å². The molecule has 6 heteroatoms. The van der Waals surface area contributed by atoms with E-state index < -0.39 is 0 Å². The quantitative estimate of drug-likeness (QED) is 0.593. The van der Waals surface area contributed by atoms with Crippen LogP contribution in [-0.2, 0) is 11.3 Å². The third-order valence-electron chi connectivity index (χ3n) is 5.57. The van der Waals surface area contributed by atoms with Gasteiger partial charge in [-0.15, -0.1) is 0 Å². The second-order valence-corrected chi connectivity index (χ2v) is 7.40. The van der Waals surface area contributed by atoms with Crippen molar-refractivity contribution < 1.29 is 19.1 Å².